The van der Waals surface area contributed by atoms with Crippen LogP contribution in [0.3, 0.4) is 0 Å². The Labute approximate surface area is 98.9 Å². The summed E-state index contributed by atoms with van der Waals surface area (Å²) in [7, 11) is 0. The molecule has 1 unspecified atom stereocenters. The number of alkyl halides is 1. The molecular weight excluding hydrogens is 283 g/mol. The summed E-state index contributed by atoms with van der Waals surface area (Å²) in [6.45, 7) is 2.26. The van der Waals surface area contributed by atoms with Gasteiger partial charge in [-0.05, 0) is 24.5 Å². The van der Waals surface area contributed by atoms with Crippen molar-refractivity contribution in [2.45, 2.75) is 16.8 Å². The van der Waals surface area contributed by atoms with Crippen LogP contribution in [0, 0.1) is 0 Å². The average Bonchev–Trinajstić information content (AvgIpc) is 2.18. The third kappa shape index (κ3) is 2.27. The minimum atomic E-state index is 0.275. The summed E-state index contributed by atoms with van der Waals surface area (Å²) in [6, 6.07) is 10.6. The molecule has 0 aromatic heterocycles. The van der Waals surface area contributed by atoms with Crippen LogP contribution in [0.4, 0.5) is 0 Å². The molecule has 1 aliphatic carbocycles. The van der Waals surface area contributed by atoms with Crippen LogP contribution < -0.4 is 0 Å². The zero-order valence-corrected chi connectivity index (χ0v) is 10.4. The molecule has 1 heteroatoms. The highest BCUT2D eigenvalue weighted by Crippen LogP contribution is 2.33. The van der Waals surface area contributed by atoms with Crippen LogP contribution in [-0.4, -0.2) is 3.42 Å². The highest BCUT2D eigenvalue weighted by Gasteiger charge is 2.19. The molecule has 2 rings (SSSR count). The van der Waals surface area contributed by atoms with Crippen molar-refractivity contribution in [3.05, 3.63) is 54.1 Å². The van der Waals surface area contributed by atoms with E-state index < -0.39 is 0 Å². The van der Waals surface area contributed by atoms with E-state index in [4.69, 9.17) is 0 Å². The van der Waals surface area contributed by atoms with E-state index in [0.717, 1.165) is 6.42 Å². The van der Waals surface area contributed by atoms with Crippen LogP contribution in [-0.2, 0) is 0 Å². The largest absolute Gasteiger partial charge is 0.0823 e. The molecule has 0 spiro atoms. The quantitative estimate of drug-likeness (QED) is 0.537. The molecular formula is C13H13I. The van der Waals surface area contributed by atoms with Gasteiger partial charge >= 0.3 is 0 Å². The first kappa shape index (κ1) is 9.97. The average molecular weight is 296 g/mol. The maximum atomic E-state index is 2.51. The molecule has 0 bridgehead atoms. The molecule has 0 heterocycles. The molecule has 0 N–H and O–H groups in total. The Balaban J connectivity index is 2.36. The molecule has 1 aliphatic rings. The third-order valence-corrected chi connectivity index (χ3v) is 3.13. The summed E-state index contributed by atoms with van der Waals surface area (Å²) in [5.74, 6) is 0. The van der Waals surface area contributed by atoms with Crippen molar-refractivity contribution in [3.8, 4) is 0 Å². The van der Waals surface area contributed by atoms with Gasteiger partial charge < -0.3 is 0 Å². The summed E-state index contributed by atoms with van der Waals surface area (Å²) in [5, 5.41) is 0. The second-order valence-corrected chi connectivity index (χ2v) is 6.31. The van der Waals surface area contributed by atoms with Gasteiger partial charge in [0.25, 0.3) is 0 Å². The smallest absolute Gasteiger partial charge is 0.0416 e. The van der Waals surface area contributed by atoms with E-state index in [1.165, 1.54) is 11.1 Å². The summed E-state index contributed by atoms with van der Waals surface area (Å²) in [5.41, 5.74) is 2.65. The normalized spacial score (nSPS) is 26.0. The molecule has 1 aromatic rings. The lowest BCUT2D eigenvalue weighted by molar-refractivity contribution is 0.839. The second kappa shape index (κ2) is 3.89. The Hall–Kier alpha value is -0.570. The van der Waals surface area contributed by atoms with Crippen molar-refractivity contribution in [2.75, 3.05) is 0 Å². The number of hydrogen-bond acceptors (Lipinski definition) is 0. The molecule has 0 aliphatic heterocycles. The summed E-state index contributed by atoms with van der Waals surface area (Å²) < 4.78 is 0.275. The Bertz CT molecular complexity index is 371. The fourth-order valence-electron chi connectivity index (χ4n) is 1.66. The number of halogens is 1. The molecule has 0 radical (unpaired) electrons. The van der Waals surface area contributed by atoms with Crippen LogP contribution in [0.1, 0.15) is 18.9 Å². The Morgan fingerprint density at radius 2 is 1.93 bits per heavy atom. The predicted octanol–water partition coefficient (Wildman–Crippen LogP) is 4.22. The van der Waals surface area contributed by atoms with E-state index in [2.05, 4.69) is 78.1 Å². The molecule has 14 heavy (non-hydrogen) atoms. The standard InChI is InChI=1S/C13H13I/c1-13(14)9-5-8-12(10-13)11-6-3-2-4-7-11/h2-8,10H,9H2,1H3. The van der Waals surface area contributed by atoms with Crippen molar-refractivity contribution in [2.24, 2.45) is 0 Å². The third-order valence-electron chi connectivity index (χ3n) is 2.38. The van der Waals surface area contributed by atoms with Gasteiger partial charge in [0.05, 0.1) is 0 Å². The molecule has 1 aromatic carbocycles. The highest BCUT2D eigenvalue weighted by atomic mass is 127. The summed E-state index contributed by atoms with van der Waals surface area (Å²) in [4.78, 5) is 0. The molecule has 0 saturated heterocycles. The van der Waals surface area contributed by atoms with Gasteiger partial charge in [-0.25, -0.2) is 0 Å². The van der Waals surface area contributed by atoms with E-state index in [-0.39, 0.29) is 3.42 Å². The fourth-order valence-corrected chi connectivity index (χ4v) is 2.25. The van der Waals surface area contributed by atoms with Crippen molar-refractivity contribution < 1.29 is 0 Å². The van der Waals surface area contributed by atoms with Gasteiger partial charge in [-0.3, -0.25) is 0 Å². The molecule has 0 saturated carbocycles. The van der Waals surface area contributed by atoms with Crippen LogP contribution in [0.15, 0.2) is 48.6 Å². The SMILES string of the molecule is CC1(I)C=C(c2ccccc2)C=CC1. The zero-order chi connectivity index (χ0) is 10.0. The van der Waals surface area contributed by atoms with E-state index in [0.29, 0.717) is 0 Å². The minimum absolute atomic E-state index is 0.275. The Morgan fingerprint density at radius 1 is 1.21 bits per heavy atom. The Morgan fingerprint density at radius 3 is 2.57 bits per heavy atom. The van der Waals surface area contributed by atoms with E-state index in [1.807, 2.05) is 0 Å². The van der Waals surface area contributed by atoms with Gasteiger partial charge in [0.2, 0.25) is 0 Å². The van der Waals surface area contributed by atoms with Crippen LogP contribution >= 0.6 is 22.6 Å². The van der Waals surface area contributed by atoms with Gasteiger partial charge in [-0.15, -0.1) is 0 Å². The summed E-state index contributed by atoms with van der Waals surface area (Å²) in [6.07, 6.45) is 7.96. The van der Waals surface area contributed by atoms with E-state index >= 15 is 0 Å². The van der Waals surface area contributed by atoms with Crippen molar-refractivity contribution >= 4 is 28.2 Å². The maximum Gasteiger partial charge on any atom is 0.0416 e. The van der Waals surface area contributed by atoms with E-state index in [9.17, 15) is 0 Å². The van der Waals surface area contributed by atoms with Gasteiger partial charge in [0.15, 0.2) is 0 Å². The van der Waals surface area contributed by atoms with Crippen molar-refractivity contribution in [1.82, 2.24) is 0 Å². The minimum Gasteiger partial charge on any atom is -0.0823 e. The highest BCUT2D eigenvalue weighted by molar-refractivity contribution is 14.1. The van der Waals surface area contributed by atoms with Crippen LogP contribution in [0.25, 0.3) is 5.57 Å². The zero-order valence-electron chi connectivity index (χ0n) is 8.20. The van der Waals surface area contributed by atoms with Crippen molar-refractivity contribution in [3.63, 3.8) is 0 Å². The molecule has 0 fully saturated rings. The first-order chi connectivity index (χ1) is 6.67. The van der Waals surface area contributed by atoms with Gasteiger partial charge in [-0.1, -0.05) is 71.2 Å². The summed E-state index contributed by atoms with van der Waals surface area (Å²) >= 11 is 2.51. The number of rotatable bonds is 1. The first-order valence-corrected chi connectivity index (χ1v) is 5.89. The van der Waals surface area contributed by atoms with Crippen LogP contribution in [0.5, 0.6) is 0 Å². The molecule has 0 nitrogen and oxygen atoms in total. The maximum absolute atomic E-state index is 2.51. The van der Waals surface area contributed by atoms with Crippen molar-refractivity contribution in [1.29, 1.82) is 0 Å². The first-order valence-electron chi connectivity index (χ1n) is 4.81. The van der Waals surface area contributed by atoms with Gasteiger partial charge in [-0.2, -0.15) is 0 Å². The van der Waals surface area contributed by atoms with E-state index in [1.54, 1.807) is 0 Å². The lowest BCUT2D eigenvalue weighted by Gasteiger charge is -2.21. The second-order valence-electron chi connectivity index (χ2n) is 3.85. The lowest BCUT2D eigenvalue weighted by Crippen LogP contribution is -2.13. The fraction of sp³-hybridized carbons (Fsp3) is 0.231. The number of allylic oxidation sites excluding steroid dienone is 4. The number of benzene rings is 1. The number of hydrogen-bond donors (Lipinski definition) is 0. The van der Waals surface area contributed by atoms with Gasteiger partial charge in [0, 0.05) is 3.42 Å². The molecule has 1 atom stereocenters. The Kier molecular flexibility index (Phi) is 2.77. The topological polar surface area (TPSA) is 0 Å². The lowest BCUT2D eigenvalue weighted by atomic mass is 9.94. The predicted molar refractivity (Wildman–Crippen MR) is 70.6 cm³/mol. The van der Waals surface area contributed by atoms with Crippen LogP contribution in [0.2, 0.25) is 0 Å². The monoisotopic (exact) mass is 296 g/mol. The molecule has 72 valence electrons. The molecule has 0 amide bonds. The van der Waals surface area contributed by atoms with Gasteiger partial charge in [0.1, 0.15) is 0 Å².